The molecule has 1 unspecified atom stereocenters. The van der Waals surface area contributed by atoms with Crippen molar-refractivity contribution >= 4 is 33.0 Å². The van der Waals surface area contributed by atoms with Gasteiger partial charge >= 0.3 is 12.1 Å². The number of hydroxylamine groups is 1. The van der Waals surface area contributed by atoms with Crippen LogP contribution in [0.15, 0.2) is 89.8 Å². The maximum atomic E-state index is 12.4. The van der Waals surface area contributed by atoms with Crippen LogP contribution in [0.4, 0.5) is 4.79 Å². The molecule has 0 heterocycles. The van der Waals surface area contributed by atoms with Gasteiger partial charge in [0.05, 0.1) is 10.5 Å². The highest BCUT2D eigenvalue weighted by Gasteiger charge is 2.31. The number of nitrogens with one attached hydrogen (secondary N) is 1. The molecule has 0 aromatic heterocycles. The summed E-state index contributed by atoms with van der Waals surface area (Å²) in [5.74, 6) is -0.700. The highest BCUT2D eigenvalue weighted by Crippen LogP contribution is 2.41. The van der Waals surface area contributed by atoms with Crippen molar-refractivity contribution in [3.63, 3.8) is 0 Å². The van der Waals surface area contributed by atoms with Gasteiger partial charge in [-0.15, -0.1) is 5.48 Å². The molecule has 0 radical (unpaired) electrons. The van der Waals surface area contributed by atoms with Gasteiger partial charge in [-0.1, -0.05) is 60.7 Å². The second-order valence-electron chi connectivity index (χ2n) is 7.85. The Bertz CT molecular complexity index is 1320. The lowest BCUT2D eigenvalue weighted by atomic mass is 9.96. The smallest absolute Gasteiger partial charge is 0.439 e. The maximum Gasteiger partial charge on any atom is 0.441 e. The average Bonchev–Trinajstić information content (AvgIpc) is 3.26. The zero-order valence-electron chi connectivity index (χ0n) is 18.4. The number of rotatable bonds is 5. The molecule has 174 valence electrons. The Morgan fingerprint density at radius 3 is 2.09 bits per heavy atom. The molecular formula is C26H23NO6S. The van der Waals surface area contributed by atoms with E-state index >= 15 is 0 Å². The van der Waals surface area contributed by atoms with Crippen molar-refractivity contribution in [2.24, 2.45) is 0 Å². The van der Waals surface area contributed by atoms with E-state index in [1.54, 1.807) is 54.6 Å². The van der Waals surface area contributed by atoms with E-state index in [1.165, 1.54) is 6.26 Å². The molecule has 34 heavy (non-hydrogen) atoms. The van der Waals surface area contributed by atoms with Gasteiger partial charge in [0.1, 0.15) is 6.10 Å². The highest BCUT2D eigenvalue weighted by atomic mass is 32.2. The molecule has 0 spiro atoms. The number of amides is 1. The molecule has 0 saturated heterocycles. The summed E-state index contributed by atoms with van der Waals surface area (Å²) in [6, 6.07) is 24.5. The Kier molecular flexibility index (Phi) is 6.79. The van der Waals surface area contributed by atoms with Gasteiger partial charge in [0.15, 0.2) is 9.84 Å². The van der Waals surface area contributed by atoms with Crippen LogP contribution in [0.2, 0.25) is 0 Å². The Morgan fingerprint density at radius 1 is 0.853 bits per heavy atom. The van der Waals surface area contributed by atoms with Crippen LogP contribution in [-0.2, 0) is 19.4 Å². The Morgan fingerprint density at radius 2 is 1.47 bits per heavy atom. The summed E-state index contributed by atoms with van der Waals surface area (Å²) in [5.41, 5.74) is 5.90. The van der Waals surface area contributed by atoms with Crippen molar-refractivity contribution in [1.29, 1.82) is 0 Å². The fourth-order valence-corrected chi connectivity index (χ4v) is 4.55. The summed E-state index contributed by atoms with van der Waals surface area (Å²) in [6.45, 7) is 0. The molecule has 1 aliphatic rings. The van der Waals surface area contributed by atoms with Gasteiger partial charge in [-0.05, 0) is 53.8 Å². The normalized spacial score (nSPS) is 15.6. The van der Waals surface area contributed by atoms with Crippen LogP contribution in [0, 0.1) is 0 Å². The maximum absolute atomic E-state index is 12.4. The van der Waals surface area contributed by atoms with Crippen LogP contribution < -0.4 is 5.48 Å². The molecule has 1 amide bonds. The Hall–Kier alpha value is -3.91. The van der Waals surface area contributed by atoms with Crippen molar-refractivity contribution in [2.75, 3.05) is 6.26 Å². The molecule has 1 atom stereocenters. The molecule has 3 aromatic carbocycles. The first-order valence-corrected chi connectivity index (χ1v) is 12.5. The Labute approximate surface area is 197 Å². The van der Waals surface area contributed by atoms with Crippen LogP contribution in [0.3, 0.4) is 0 Å². The van der Waals surface area contributed by atoms with E-state index in [1.807, 2.05) is 30.3 Å². The van der Waals surface area contributed by atoms with Crippen molar-refractivity contribution < 1.29 is 27.6 Å². The second-order valence-corrected chi connectivity index (χ2v) is 9.86. The summed E-state index contributed by atoms with van der Waals surface area (Å²) < 4.78 is 29.2. The van der Waals surface area contributed by atoms with E-state index in [-0.39, 0.29) is 4.90 Å². The summed E-state index contributed by atoms with van der Waals surface area (Å²) >= 11 is 0. The van der Waals surface area contributed by atoms with E-state index in [9.17, 15) is 18.0 Å². The molecule has 0 saturated carbocycles. The van der Waals surface area contributed by atoms with Gasteiger partial charge < -0.3 is 9.57 Å². The fourth-order valence-electron chi connectivity index (χ4n) is 3.92. The number of ether oxygens (including phenoxy) is 1. The van der Waals surface area contributed by atoms with Gasteiger partial charge in [0.2, 0.25) is 0 Å². The summed E-state index contributed by atoms with van der Waals surface area (Å²) in [5, 5.41) is 0. The molecule has 8 heteroatoms. The number of benzene rings is 3. The quantitative estimate of drug-likeness (QED) is 0.537. The molecule has 4 rings (SSSR count). The van der Waals surface area contributed by atoms with Crippen molar-refractivity contribution in [2.45, 2.75) is 23.8 Å². The highest BCUT2D eigenvalue weighted by molar-refractivity contribution is 7.90. The predicted octanol–water partition coefficient (Wildman–Crippen LogP) is 4.66. The van der Waals surface area contributed by atoms with Crippen LogP contribution in [0.25, 0.3) is 11.1 Å². The van der Waals surface area contributed by atoms with E-state index in [4.69, 9.17) is 9.57 Å². The fraction of sp³-hybridized carbons (Fsp3) is 0.154. The minimum Gasteiger partial charge on any atom is -0.439 e. The summed E-state index contributed by atoms with van der Waals surface area (Å²) in [4.78, 5) is 29.6. The van der Waals surface area contributed by atoms with Gasteiger partial charge in [-0.25, -0.2) is 18.0 Å². The minimum atomic E-state index is -3.30. The molecule has 0 bridgehead atoms. The van der Waals surface area contributed by atoms with Crippen LogP contribution in [-0.4, -0.2) is 32.8 Å². The number of sulfone groups is 1. The third-order valence-corrected chi connectivity index (χ3v) is 6.63. The molecule has 1 N–H and O–H groups in total. The third-order valence-electron chi connectivity index (χ3n) is 5.51. The van der Waals surface area contributed by atoms with Gasteiger partial charge in [-0.2, -0.15) is 0 Å². The van der Waals surface area contributed by atoms with Gasteiger partial charge in [0.25, 0.3) is 0 Å². The largest absolute Gasteiger partial charge is 0.441 e. The van der Waals surface area contributed by atoms with Crippen LogP contribution in [0.1, 0.15) is 34.3 Å². The lowest BCUT2D eigenvalue weighted by Crippen LogP contribution is -2.31. The van der Waals surface area contributed by atoms with Crippen molar-refractivity contribution in [3.8, 4) is 0 Å². The number of hydrogen-bond acceptors (Lipinski definition) is 6. The minimum absolute atomic E-state index is 0.239. The SMILES string of the molecule is CS(=O)(=O)c1ccc(C2=C(c3ccccc3)C(OC(=O)NOC(=O)c3ccccc3)CC2)cc1. The van der Waals surface area contributed by atoms with Gasteiger partial charge in [-0.3, -0.25) is 0 Å². The number of allylic oxidation sites excluding steroid dienone is 1. The van der Waals surface area contributed by atoms with E-state index in [0.717, 1.165) is 22.3 Å². The molecule has 0 aliphatic heterocycles. The molecule has 7 nitrogen and oxygen atoms in total. The third kappa shape index (κ3) is 5.35. The number of carbonyl (C=O) groups is 2. The molecule has 1 aliphatic carbocycles. The van der Waals surface area contributed by atoms with Crippen LogP contribution in [0.5, 0.6) is 0 Å². The Balaban J connectivity index is 1.54. The predicted molar refractivity (Wildman–Crippen MR) is 127 cm³/mol. The number of hydrogen-bond donors (Lipinski definition) is 1. The topological polar surface area (TPSA) is 98.8 Å². The summed E-state index contributed by atoms with van der Waals surface area (Å²) in [6.07, 6.45) is 0.885. The van der Waals surface area contributed by atoms with E-state index < -0.39 is 28.0 Å². The molecule has 0 fully saturated rings. The first kappa shape index (κ1) is 23.3. The zero-order chi connectivity index (χ0) is 24.1. The van der Waals surface area contributed by atoms with Gasteiger partial charge in [0, 0.05) is 11.8 Å². The molecule has 3 aromatic rings. The average molecular weight is 478 g/mol. The second kappa shape index (κ2) is 9.93. The standard InChI is InChI=1S/C26H23NO6S/c1-34(30,31)21-14-12-18(13-15-21)22-16-17-23(24(22)19-8-4-2-5-9-19)32-26(29)27-33-25(28)20-10-6-3-7-11-20/h2-15,23H,16-17H2,1H3,(H,27,29). The van der Waals surface area contributed by atoms with E-state index in [0.29, 0.717) is 18.4 Å². The first-order valence-electron chi connectivity index (χ1n) is 10.6. The first-order chi connectivity index (χ1) is 16.3. The molecular weight excluding hydrogens is 454 g/mol. The van der Waals surface area contributed by atoms with Crippen molar-refractivity contribution in [3.05, 3.63) is 102 Å². The lowest BCUT2D eigenvalue weighted by molar-refractivity contribution is 0.0173. The zero-order valence-corrected chi connectivity index (χ0v) is 19.2. The lowest BCUT2D eigenvalue weighted by Gasteiger charge is -2.18. The van der Waals surface area contributed by atoms with Crippen molar-refractivity contribution in [1.82, 2.24) is 5.48 Å². The monoisotopic (exact) mass is 477 g/mol. The number of carbonyl (C=O) groups excluding carboxylic acids is 2. The van der Waals surface area contributed by atoms with E-state index in [2.05, 4.69) is 5.48 Å². The van der Waals surface area contributed by atoms with Crippen LogP contribution >= 0.6 is 0 Å². The summed E-state index contributed by atoms with van der Waals surface area (Å²) in [7, 11) is -3.30.